The second-order valence-electron chi connectivity index (χ2n) is 14.1. The van der Waals surface area contributed by atoms with Gasteiger partial charge in [0.25, 0.3) is 11.8 Å². The number of nitrogens with zero attached hydrogens (tertiary/aromatic N) is 5. The molecule has 4 amide bonds. The zero-order valence-electron chi connectivity index (χ0n) is 31.6. The van der Waals surface area contributed by atoms with Gasteiger partial charge >= 0.3 is 6.03 Å². The molecule has 0 spiro atoms. The summed E-state index contributed by atoms with van der Waals surface area (Å²) in [5.74, 6) is -1.21. The molecule has 4 heterocycles. The van der Waals surface area contributed by atoms with Crippen LogP contribution in [-0.4, -0.2) is 123 Å². The number of likely N-dealkylation sites (N-methyl/N-ethyl adjacent to an activating group) is 1. The van der Waals surface area contributed by atoms with Gasteiger partial charge in [-0.25, -0.2) is 19.7 Å². The number of aromatic nitrogens is 4. The second kappa shape index (κ2) is 18.4. The Balaban J connectivity index is 1.22. The fourth-order valence-corrected chi connectivity index (χ4v) is 7.11. The number of carbonyl (C=O) groups excluding carboxylic acids is 3. The molecule has 2 fully saturated rings. The summed E-state index contributed by atoms with van der Waals surface area (Å²) in [4.78, 5) is 54.6. The number of amides is 4. The number of carbonyl (C=O) groups is 3. The molecule has 16 heteroatoms. The molecule has 294 valence electrons. The Morgan fingerprint density at radius 2 is 1.55 bits per heavy atom. The number of imidazole rings is 1. The monoisotopic (exact) mass is 756 g/mol. The molecule has 0 aliphatic carbocycles. The lowest BCUT2D eigenvalue weighted by Crippen LogP contribution is -2.43. The number of hydrogen-bond donors (Lipinski definition) is 7. The van der Waals surface area contributed by atoms with Gasteiger partial charge in [0.05, 0.1) is 6.33 Å². The van der Waals surface area contributed by atoms with E-state index < -0.39 is 36.4 Å². The fraction of sp³-hybridized carbons (Fsp3) is 0.487. The van der Waals surface area contributed by atoms with E-state index in [4.69, 9.17) is 4.74 Å². The summed E-state index contributed by atoms with van der Waals surface area (Å²) in [6, 6.07) is 16.2. The van der Waals surface area contributed by atoms with Crippen LogP contribution < -0.4 is 26.6 Å². The molecule has 2 aliphatic rings. The van der Waals surface area contributed by atoms with Crippen molar-refractivity contribution in [2.24, 2.45) is 0 Å². The van der Waals surface area contributed by atoms with Crippen LogP contribution in [-0.2, 0) is 9.53 Å². The van der Waals surface area contributed by atoms with Crippen LogP contribution in [0.1, 0.15) is 71.2 Å². The van der Waals surface area contributed by atoms with Crippen molar-refractivity contribution in [1.82, 2.24) is 45.7 Å². The summed E-state index contributed by atoms with van der Waals surface area (Å²) in [5.41, 5.74) is 4.84. The van der Waals surface area contributed by atoms with E-state index in [2.05, 4.69) is 70.7 Å². The molecule has 4 unspecified atom stereocenters. The van der Waals surface area contributed by atoms with E-state index in [1.165, 1.54) is 30.2 Å². The number of hydrogen-bond acceptors (Lipinski definition) is 11. The van der Waals surface area contributed by atoms with Gasteiger partial charge in [-0.2, -0.15) is 0 Å². The number of rotatable bonds is 15. The highest BCUT2D eigenvalue weighted by atomic mass is 16.6. The highest BCUT2D eigenvalue weighted by Gasteiger charge is 2.47. The van der Waals surface area contributed by atoms with Crippen molar-refractivity contribution < 1.29 is 29.3 Å². The Hall–Kier alpha value is -5.16. The first-order valence-electron chi connectivity index (χ1n) is 19.1. The number of nitrogens with one attached hydrogen (secondary N) is 5. The van der Waals surface area contributed by atoms with Crippen LogP contribution >= 0.6 is 0 Å². The fourth-order valence-electron chi connectivity index (χ4n) is 7.11. The van der Waals surface area contributed by atoms with E-state index in [1.807, 2.05) is 38.1 Å². The van der Waals surface area contributed by atoms with Gasteiger partial charge in [0.1, 0.15) is 12.2 Å². The molecule has 4 atom stereocenters. The molecule has 2 aromatic heterocycles. The Labute approximate surface area is 320 Å². The first-order chi connectivity index (χ1) is 26.6. The van der Waals surface area contributed by atoms with E-state index >= 15 is 0 Å². The number of likely N-dealkylation sites (tertiary alicyclic amines) is 1. The van der Waals surface area contributed by atoms with Gasteiger partial charge in [-0.1, -0.05) is 66.1 Å². The maximum atomic E-state index is 13.6. The molecule has 2 aliphatic heterocycles. The third kappa shape index (κ3) is 9.75. The predicted octanol–water partition coefficient (Wildman–Crippen LogP) is 1.96. The van der Waals surface area contributed by atoms with Crippen molar-refractivity contribution in [3.63, 3.8) is 0 Å². The summed E-state index contributed by atoms with van der Waals surface area (Å²) >= 11 is 0. The Morgan fingerprint density at radius 1 is 0.873 bits per heavy atom. The molecule has 0 radical (unpaired) electrons. The SMILES string of the molecule is CCNC(=O)C1OC(n2cnc3c(NCC(c4cccc(C)c4)c4cccc(C)c4)nc(C(=O)NCCNC(=O)NCCN4CCCCC4)nc32)C(O)C1O. The summed E-state index contributed by atoms with van der Waals surface area (Å²) in [6.07, 6.45) is -0.606. The maximum Gasteiger partial charge on any atom is 0.314 e. The minimum Gasteiger partial charge on any atom is -0.387 e. The lowest BCUT2D eigenvalue weighted by atomic mass is 9.89. The lowest BCUT2D eigenvalue weighted by Gasteiger charge is -2.26. The predicted molar refractivity (Wildman–Crippen MR) is 207 cm³/mol. The van der Waals surface area contributed by atoms with Crippen LogP contribution in [0.4, 0.5) is 10.6 Å². The first kappa shape index (κ1) is 39.5. The van der Waals surface area contributed by atoms with Crippen LogP contribution in [0.5, 0.6) is 0 Å². The number of benzene rings is 2. The van der Waals surface area contributed by atoms with E-state index in [0.717, 1.165) is 41.9 Å². The number of anilines is 1. The van der Waals surface area contributed by atoms with Crippen molar-refractivity contribution >= 4 is 34.8 Å². The van der Waals surface area contributed by atoms with E-state index in [0.29, 0.717) is 25.2 Å². The number of ether oxygens (including phenoxy) is 1. The number of fused-ring (bicyclic) bond motifs is 1. The second-order valence-corrected chi connectivity index (χ2v) is 14.1. The molecule has 6 rings (SSSR count). The number of urea groups is 1. The number of aliphatic hydroxyl groups excluding tert-OH is 2. The average Bonchev–Trinajstić information content (AvgIpc) is 3.73. The maximum absolute atomic E-state index is 13.6. The highest BCUT2D eigenvalue weighted by Crippen LogP contribution is 2.33. The largest absolute Gasteiger partial charge is 0.387 e. The Kier molecular flexibility index (Phi) is 13.3. The van der Waals surface area contributed by atoms with Crippen LogP contribution in [0, 0.1) is 13.8 Å². The molecule has 0 saturated carbocycles. The van der Waals surface area contributed by atoms with Crippen LogP contribution in [0.3, 0.4) is 0 Å². The van der Waals surface area contributed by atoms with Gasteiger partial charge in [-0.15, -0.1) is 0 Å². The molecular weight excluding hydrogens is 704 g/mol. The molecule has 55 heavy (non-hydrogen) atoms. The zero-order chi connectivity index (χ0) is 38.9. The zero-order valence-corrected chi connectivity index (χ0v) is 31.6. The third-order valence-corrected chi connectivity index (χ3v) is 9.97. The standard InChI is InChI=1S/C39H52N10O6/c1-4-40-36(52)32-30(50)31(51)38(55-32)49-23-45-29-33(44-22-28(26-12-8-10-24(2)20-26)27-13-9-11-25(3)21-27)46-34(47-35(29)49)37(53)41-14-15-42-39(54)43-16-19-48-17-6-5-7-18-48/h8-13,20-21,23,28,30-32,38,50-51H,4-7,14-19,22H2,1-3H3,(H,40,52)(H,41,53)(H2,42,43,54)(H,44,46,47). The first-order valence-corrected chi connectivity index (χ1v) is 19.1. The highest BCUT2D eigenvalue weighted by molar-refractivity contribution is 5.94. The Bertz CT molecular complexity index is 1900. The molecule has 16 nitrogen and oxygen atoms in total. The average molecular weight is 757 g/mol. The molecule has 7 N–H and O–H groups in total. The van der Waals surface area contributed by atoms with Gasteiger partial charge in [0.15, 0.2) is 29.3 Å². The summed E-state index contributed by atoms with van der Waals surface area (Å²) < 4.78 is 7.26. The van der Waals surface area contributed by atoms with E-state index in [1.54, 1.807) is 6.92 Å². The van der Waals surface area contributed by atoms with Crippen LogP contribution in [0.25, 0.3) is 11.2 Å². The van der Waals surface area contributed by atoms with Gasteiger partial charge in [-0.05, 0) is 57.8 Å². The molecule has 4 aromatic rings. The molecule has 2 saturated heterocycles. The lowest BCUT2D eigenvalue weighted by molar-refractivity contribution is -0.137. The molecule has 0 bridgehead atoms. The summed E-state index contributed by atoms with van der Waals surface area (Å²) in [6.45, 7) is 10.2. The van der Waals surface area contributed by atoms with Crippen molar-refractivity contribution in [3.8, 4) is 0 Å². The van der Waals surface area contributed by atoms with Gasteiger partial charge < -0.3 is 46.4 Å². The number of aliphatic hydroxyl groups is 2. The number of piperidine rings is 1. The third-order valence-electron chi connectivity index (χ3n) is 9.97. The Morgan fingerprint density at radius 3 is 2.22 bits per heavy atom. The summed E-state index contributed by atoms with van der Waals surface area (Å²) in [7, 11) is 0. The van der Waals surface area contributed by atoms with Gasteiger partial charge in [0.2, 0.25) is 5.82 Å². The van der Waals surface area contributed by atoms with Gasteiger partial charge in [-0.3, -0.25) is 14.2 Å². The topological polar surface area (TPSA) is 208 Å². The minimum absolute atomic E-state index is 0.103. The number of aryl methyl sites for hydroxylation is 2. The summed E-state index contributed by atoms with van der Waals surface area (Å²) in [5, 5.41) is 36.2. The van der Waals surface area contributed by atoms with Gasteiger partial charge in [0, 0.05) is 45.2 Å². The van der Waals surface area contributed by atoms with Crippen LogP contribution in [0.2, 0.25) is 0 Å². The minimum atomic E-state index is -1.52. The van der Waals surface area contributed by atoms with Crippen molar-refractivity contribution in [3.05, 3.63) is 82.9 Å². The van der Waals surface area contributed by atoms with Crippen LogP contribution in [0.15, 0.2) is 54.9 Å². The van der Waals surface area contributed by atoms with Crippen molar-refractivity contribution in [1.29, 1.82) is 0 Å². The normalized spacial score (nSPS) is 20.0. The van der Waals surface area contributed by atoms with Crippen molar-refractivity contribution in [2.75, 3.05) is 57.7 Å². The van der Waals surface area contributed by atoms with E-state index in [9.17, 15) is 24.6 Å². The smallest absolute Gasteiger partial charge is 0.314 e. The molecule has 2 aromatic carbocycles. The van der Waals surface area contributed by atoms with Crippen molar-refractivity contribution in [2.45, 2.75) is 70.5 Å². The quantitative estimate of drug-likeness (QED) is 0.0873. The molecular formula is C39H52N10O6. The van der Waals surface area contributed by atoms with E-state index in [-0.39, 0.29) is 42.3 Å².